The Hall–Kier alpha value is -2.57. The minimum absolute atomic E-state index is 0.242. The summed E-state index contributed by atoms with van der Waals surface area (Å²) < 4.78 is 17.1. The lowest BCUT2D eigenvalue weighted by Crippen LogP contribution is -2.62. The highest BCUT2D eigenvalue weighted by Crippen LogP contribution is 2.67. The number of rotatable bonds is 7. The summed E-state index contributed by atoms with van der Waals surface area (Å²) in [6.45, 7) is 5.26. The van der Waals surface area contributed by atoms with Crippen LogP contribution in [0.2, 0.25) is 0 Å². The molecule has 1 N–H and O–H groups in total. The number of hydrogen-bond acceptors (Lipinski definition) is 5. The van der Waals surface area contributed by atoms with Crippen molar-refractivity contribution >= 4 is 6.09 Å². The van der Waals surface area contributed by atoms with Crippen LogP contribution >= 0.6 is 0 Å². The van der Waals surface area contributed by atoms with Gasteiger partial charge in [0.15, 0.2) is 6.79 Å². The molecule has 6 heteroatoms. The number of carbonyl (C=O) groups excluding carboxylic acids is 1. The van der Waals surface area contributed by atoms with Crippen molar-refractivity contribution in [2.75, 3.05) is 20.4 Å². The number of aryl methyl sites for hydroxylation is 1. The van der Waals surface area contributed by atoms with Crippen LogP contribution in [-0.4, -0.2) is 48.3 Å². The van der Waals surface area contributed by atoms with Gasteiger partial charge in [0.2, 0.25) is 0 Å². The Morgan fingerprint density at radius 2 is 1.97 bits per heavy atom. The first-order chi connectivity index (χ1) is 18.4. The monoisotopic (exact) mass is 519 g/mol. The topological polar surface area (TPSA) is 68.2 Å². The average molecular weight is 520 g/mol. The van der Waals surface area contributed by atoms with Crippen LogP contribution < -0.4 is 4.74 Å². The van der Waals surface area contributed by atoms with E-state index in [-0.39, 0.29) is 18.3 Å². The molecule has 3 fully saturated rings. The lowest BCUT2D eigenvalue weighted by molar-refractivity contribution is -0.173. The van der Waals surface area contributed by atoms with E-state index >= 15 is 0 Å². The van der Waals surface area contributed by atoms with E-state index in [0.717, 1.165) is 49.8 Å². The number of nitrogens with zero attached hydrogens (tertiary/aromatic N) is 1. The second-order valence-electron chi connectivity index (χ2n) is 12.2. The molecule has 1 saturated heterocycles. The molecule has 3 aliphatic carbocycles. The predicted molar refractivity (Wildman–Crippen MR) is 145 cm³/mol. The standard InChI is InChI=1S/C32H41NO5/c1-4-5-17-33-28(21-9-7-6-8-10-21)32(35)19-27-26-13-11-22-18-23(37-20-36-3)12-14-24(22)25(26)15-16-31(27,2)29(32)38-30(33)34/h6-10,12,14,18,25-29,35H,4-5,11,13,15-17,19-20H2,1-3H3/t25-,26-,27+,28+,29-,31+,32+/m1/s1. The summed E-state index contributed by atoms with van der Waals surface area (Å²) >= 11 is 0. The maximum atomic E-state index is 13.5. The number of aliphatic hydroxyl groups is 1. The molecule has 7 atom stereocenters. The molecule has 0 unspecified atom stereocenters. The molecule has 2 aromatic rings. The maximum Gasteiger partial charge on any atom is 0.410 e. The number of fused-ring (bicyclic) bond motifs is 7. The molecule has 1 amide bonds. The molecule has 0 spiro atoms. The Kier molecular flexibility index (Phi) is 6.68. The number of hydrogen-bond donors (Lipinski definition) is 1. The third-order valence-corrected chi connectivity index (χ3v) is 10.2. The fraction of sp³-hybridized carbons (Fsp3) is 0.594. The van der Waals surface area contributed by atoms with Crippen LogP contribution in [0.15, 0.2) is 48.5 Å². The van der Waals surface area contributed by atoms with Gasteiger partial charge in [-0.15, -0.1) is 0 Å². The first-order valence-electron chi connectivity index (χ1n) is 14.4. The Bertz CT molecular complexity index is 1170. The van der Waals surface area contributed by atoms with Crippen molar-refractivity contribution in [3.63, 3.8) is 0 Å². The van der Waals surface area contributed by atoms with Gasteiger partial charge in [-0.05, 0) is 85.1 Å². The average Bonchev–Trinajstić information content (AvgIpc) is 3.17. The summed E-state index contributed by atoms with van der Waals surface area (Å²) in [4.78, 5) is 15.3. The van der Waals surface area contributed by atoms with Crippen molar-refractivity contribution in [3.8, 4) is 5.75 Å². The molecule has 4 aliphatic rings. The molecule has 0 bridgehead atoms. The van der Waals surface area contributed by atoms with Crippen LogP contribution in [-0.2, 0) is 15.9 Å². The fourth-order valence-corrected chi connectivity index (χ4v) is 8.55. The van der Waals surface area contributed by atoms with Crippen LogP contribution in [0.3, 0.4) is 0 Å². The summed E-state index contributed by atoms with van der Waals surface area (Å²) in [5, 5.41) is 12.7. The summed E-state index contributed by atoms with van der Waals surface area (Å²) in [5.74, 6) is 2.06. The predicted octanol–water partition coefficient (Wildman–Crippen LogP) is 6.23. The second-order valence-corrected chi connectivity index (χ2v) is 12.2. The Labute approximate surface area is 226 Å². The van der Waals surface area contributed by atoms with Crippen molar-refractivity contribution in [1.82, 2.24) is 4.90 Å². The normalized spacial score (nSPS) is 35.5. The van der Waals surface area contributed by atoms with E-state index < -0.39 is 17.7 Å². The molecule has 1 aliphatic heterocycles. The van der Waals surface area contributed by atoms with Gasteiger partial charge in [-0.3, -0.25) is 4.90 Å². The van der Waals surface area contributed by atoms with Gasteiger partial charge in [0, 0.05) is 19.1 Å². The van der Waals surface area contributed by atoms with E-state index in [9.17, 15) is 9.90 Å². The molecule has 6 rings (SSSR count). The SMILES string of the molecule is CCCCN1C(=O)O[C@@H]2[C@@]3(C)CC[C@@H]4c5ccc(OCOC)cc5CC[C@H]4[C@@H]3C[C@]2(O)[C@@H]1c1ccccc1. The van der Waals surface area contributed by atoms with Gasteiger partial charge in [0.05, 0.1) is 6.04 Å². The highest BCUT2D eigenvalue weighted by molar-refractivity contribution is 5.71. The van der Waals surface area contributed by atoms with E-state index in [4.69, 9.17) is 14.2 Å². The largest absolute Gasteiger partial charge is 0.468 e. The lowest BCUT2D eigenvalue weighted by Gasteiger charge is -2.53. The van der Waals surface area contributed by atoms with Gasteiger partial charge in [0.1, 0.15) is 17.5 Å². The van der Waals surface area contributed by atoms with Gasteiger partial charge in [-0.1, -0.05) is 56.7 Å². The Morgan fingerprint density at radius 1 is 1.16 bits per heavy atom. The van der Waals surface area contributed by atoms with E-state index in [1.165, 1.54) is 11.1 Å². The molecule has 0 radical (unpaired) electrons. The summed E-state index contributed by atoms with van der Waals surface area (Å²) in [5.41, 5.74) is 2.45. The van der Waals surface area contributed by atoms with Gasteiger partial charge < -0.3 is 19.3 Å². The molecular weight excluding hydrogens is 478 g/mol. The second kappa shape index (κ2) is 9.87. The Morgan fingerprint density at radius 3 is 2.74 bits per heavy atom. The van der Waals surface area contributed by atoms with Crippen LogP contribution in [0, 0.1) is 17.3 Å². The summed E-state index contributed by atoms with van der Waals surface area (Å²) in [6, 6.07) is 16.2. The third kappa shape index (κ3) is 3.94. The number of methoxy groups -OCH3 is 1. The van der Waals surface area contributed by atoms with Crippen LogP contribution in [0.4, 0.5) is 4.79 Å². The van der Waals surface area contributed by atoms with Crippen molar-refractivity contribution in [2.45, 2.75) is 82.5 Å². The number of unbranched alkanes of at least 4 members (excludes halogenated alkanes) is 1. The van der Waals surface area contributed by atoms with E-state index in [1.54, 1.807) is 7.11 Å². The molecule has 204 valence electrons. The van der Waals surface area contributed by atoms with Crippen LogP contribution in [0.5, 0.6) is 5.75 Å². The van der Waals surface area contributed by atoms with Gasteiger partial charge in [-0.2, -0.15) is 0 Å². The van der Waals surface area contributed by atoms with E-state index in [0.29, 0.717) is 30.7 Å². The number of amides is 1. The smallest absolute Gasteiger partial charge is 0.410 e. The highest BCUT2D eigenvalue weighted by atomic mass is 16.7. The zero-order valence-electron chi connectivity index (χ0n) is 22.9. The van der Waals surface area contributed by atoms with Gasteiger partial charge >= 0.3 is 6.09 Å². The molecule has 2 saturated carbocycles. The van der Waals surface area contributed by atoms with Crippen molar-refractivity contribution in [3.05, 3.63) is 65.2 Å². The third-order valence-electron chi connectivity index (χ3n) is 10.2. The highest BCUT2D eigenvalue weighted by Gasteiger charge is 2.70. The van der Waals surface area contributed by atoms with Crippen molar-refractivity contribution in [2.24, 2.45) is 17.3 Å². The zero-order valence-corrected chi connectivity index (χ0v) is 22.9. The van der Waals surface area contributed by atoms with Gasteiger partial charge in [-0.25, -0.2) is 4.79 Å². The Balaban J connectivity index is 1.35. The number of ether oxygens (including phenoxy) is 3. The quantitative estimate of drug-likeness (QED) is 0.439. The van der Waals surface area contributed by atoms with Crippen molar-refractivity contribution in [1.29, 1.82) is 0 Å². The van der Waals surface area contributed by atoms with Gasteiger partial charge in [0.25, 0.3) is 0 Å². The van der Waals surface area contributed by atoms with Crippen molar-refractivity contribution < 1.29 is 24.1 Å². The molecule has 6 nitrogen and oxygen atoms in total. The maximum absolute atomic E-state index is 13.5. The zero-order chi connectivity index (χ0) is 26.5. The van der Waals surface area contributed by atoms with Crippen LogP contribution in [0.1, 0.15) is 81.0 Å². The number of carbonyl (C=O) groups is 1. The van der Waals surface area contributed by atoms with Crippen LogP contribution in [0.25, 0.3) is 0 Å². The molecule has 0 aromatic heterocycles. The molecular formula is C32H41NO5. The summed E-state index contributed by atoms with van der Waals surface area (Å²) in [6.07, 6.45) is 5.83. The number of benzene rings is 2. The molecule has 2 aromatic carbocycles. The summed E-state index contributed by atoms with van der Waals surface area (Å²) in [7, 11) is 1.64. The van der Waals surface area contributed by atoms with E-state index in [2.05, 4.69) is 44.2 Å². The minimum Gasteiger partial charge on any atom is -0.468 e. The first kappa shape index (κ1) is 25.7. The molecule has 1 heterocycles. The van der Waals surface area contributed by atoms with E-state index in [1.807, 2.05) is 23.1 Å². The lowest BCUT2D eigenvalue weighted by atomic mass is 9.55. The minimum atomic E-state index is -1.12. The fourth-order valence-electron chi connectivity index (χ4n) is 8.55. The first-order valence-corrected chi connectivity index (χ1v) is 14.4. The molecule has 38 heavy (non-hydrogen) atoms.